The van der Waals surface area contributed by atoms with Crippen LogP contribution in [0.3, 0.4) is 0 Å². The molecule has 0 spiro atoms. The summed E-state index contributed by atoms with van der Waals surface area (Å²) in [5.41, 5.74) is 12.5. The summed E-state index contributed by atoms with van der Waals surface area (Å²) in [4.78, 5) is 25.9. The maximum Gasteiger partial charge on any atom is 0.319 e. The molecule has 12 heteroatoms. The van der Waals surface area contributed by atoms with Crippen LogP contribution in [0.4, 0.5) is 19.3 Å². The Morgan fingerprint density at radius 3 is 2.81 bits per heavy atom. The number of halogens is 2. The third kappa shape index (κ3) is 5.92. The number of nitrogens with zero attached hydrogens (tertiary/aromatic N) is 1. The number of thiocarbonyl (C=S) groups is 1. The topological polar surface area (TPSA) is 124 Å². The van der Waals surface area contributed by atoms with Crippen LogP contribution in [0.15, 0.2) is 54.4 Å². The van der Waals surface area contributed by atoms with Crippen molar-refractivity contribution >= 4 is 40.7 Å². The van der Waals surface area contributed by atoms with Crippen LogP contribution in [0, 0.1) is 0 Å². The Balaban J connectivity index is 1.64. The van der Waals surface area contributed by atoms with E-state index in [0.717, 1.165) is 18.2 Å². The van der Waals surface area contributed by atoms with Gasteiger partial charge in [-0.15, -0.1) is 0 Å². The van der Waals surface area contributed by atoms with E-state index in [1.54, 1.807) is 42.8 Å². The second kappa shape index (κ2) is 9.00. The number of anilines is 1. The number of carbonyl (C=O) groups is 2. The van der Waals surface area contributed by atoms with Gasteiger partial charge in [0.2, 0.25) is 0 Å². The minimum absolute atomic E-state index is 0.0520. The first kappa shape index (κ1) is 22.0. The summed E-state index contributed by atoms with van der Waals surface area (Å²) in [5.74, 6) is -3.39. The van der Waals surface area contributed by atoms with Gasteiger partial charge in [0, 0.05) is 36.1 Å². The smallest absolute Gasteiger partial charge is 0.319 e. The number of hydrogen-bond acceptors (Lipinski definition) is 5. The van der Waals surface area contributed by atoms with Crippen molar-refractivity contribution in [1.29, 1.82) is 0 Å². The maximum atomic E-state index is 12.9. The molecule has 3 amide bonds. The first-order valence-electron chi connectivity index (χ1n) is 9.16. The van der Waals surface area contributed by atoms with Crippen LogP contribution >= 0.6 is 12.2 Å². The third-order valence-corrected chi connectivity index (χ3v) is 4.36. The lowest BCUT2D eigenvalue weighted by Gasteiger charge is -2.27. The van der Waals surface area contributed by atoms with E-state index >= 15 is 0 Å². The lowest BCUT2D eigenvalue weighted by Crippen LogP contribution is -2.45. The molecular weight excluding hydrogens is 428 g/mol. The van der Waals surface area contributed by atoms with Gasteiger partial charge in [-0.1, -0.05) is 12.1 Å². The number of amides is 3. The number of hydrogen-bond donors (Lipinski definition) is 6. The number of urea groups is 1. The normalized spacial score (nSPS) is 17.0. The van der Waals surface area contributed by atoms with E-state index in [1.807, 2.05) is 11.0 Å². The Bertz CT molecular complexity index is 988. The molecular formula is C19H21F2N7O2S. The maximum absolute atomic E-state index is 12.9. The SMILES string of the molecule is CC(F)(F)CNC(=O)Nc1cccc(C2=CNC3C=C(C(=O)NNC(N)=S)C=CN23)c1. The van der Waals surface area contributed by atoms with Crippen molar-refractivity contribution < 1.29 is 18.4 Å². The molecule has 31 heavy (non-hydrogen) atoms. The summed E-state index contributed by atoms with van der Waals surface area (Å²) in [6.07, 6.45) is 6.57. The van der Waals surface area contributed by atoms with Crippen LogP contribution in [0.5, 0.6) is 0 Å². The molecule has 164 valence electrons. The first-order valence-corrected chi connectivity index (χ1v) is 9.57. The van der Waals surface area contributed by atoms with Crippen LogP contribution in [0.2, 0.25) is 0 Å². The summed E-state index contributed by atoms with van der Waals surface area (Å²) < 4.78 is 25.8. The lowest BCUT2D eigenvalue weighted by molar-refractivity contribution is -0.117. The Morgan fingerprint density at radius 1 is 1.32 bits per heavy atom. The molecule has 1 aromatic rings. The predicted octanol–water partition coefficient (Wildman–Crippen LogP) is 1.31. The summed E-state index contributed by atoms with van der Waals surface area (Å²) in [5, 5.41) is 7.76. The zero-order chi connectivity index (χ0) is 22.6. The molecule has 0 saturated carbocycles. The van der Waals surface area contributed by atoms with Crippen molar-refractivity contribution in [1.82, 2.24) is 26.4 Å². The molecule has 0 fully saturated rings. The Hall–Kier alpha value is -3.67. The first-order chi connectivity index (χ1) is 14.6. The molecule has 2 heterocycles. The van der Waals surface area contributed by atoms with Gasteiger partial charge in [0.25, 0.3) is 11.8 Å². The number of fused-ring (bicyclic) bond motifs is 1. The van der Waals surface area contributed by atoms with E-state index in [2.05, 4.69) is 39.0 Å². The van der Waals surface area contributed by atoms with Gasteiger partial charge in [-0.3, -0.25) is 15.6 Å². The van der Waals surface area contributed by atoms with Crippen LogP contribution < -0.4 is 32.5 Å². The minimum atomic E-state index is -3.00. The number of alkyl halides is 2. The molecule has 2 aliphatic heterocycles. The molecule has 3 rings (SSSR count). The van der Waals surface area contributed by atoms with Crippen molar-refractivity contribution in [3.63, 3.8) is 0 Å². The molecule has 2 aliphatic rings. The zero-order valence-electron chi connectivity index (χ0n) is 16.4. The van der Waals surface area contributed by atoms with Gasteiger partial charge in [0.15, 0.2) is 5.11 Å². The van der Waals surface area contributed by atoms with Gasteiger partial charge in [-0.2, -0.15) is 0 Å². The Labute approximate surface area is 182 Å². The number of benzene rings is 1. The van der Waals surface area contributed by atoms with Gasteiger partial charge in [-0.05, 0) is 36.5 Å². The van der Waals surface area contributed by atoms with Crippen molar-refractivity contribution in [2.24, 2.45) is 5.73 Å². The Morgan fingerprint density at radius 2 is 2.10 bits per heavy atom. The standard InChI is InChI=1S/C19H21F2N7O2S/c1-19(20,21)10-24-18(30)25-13-4-2-3-11(7-13)14-9-23-15-8-12(5-6-28(14)15)16(29)26-27-17(22)31/h2-9,15,23H,10H2,1H3,(H,26,29)(H3,22,27,31)(H2,24,25,30). The van der Waals surface area contributed by atoms with Crippen molar-refractivity contribution in [3.05, 3.63) is 60.0 Å². The summed E-state index contributed by atoms with van der Waals surface area (Å²) in [6.45, 7) is -0.0360. The van der Waals surface area contributed by atoms with Gasteiger partial charge in [0.05, 0.1) is 12.2 Å². The molecule has 1 atom stereocenters. The number of nitrogens with one attached hydrogen (secondary N) is 5. The van der Waals surface area contributed by atoms with Crippen LogP contribution in [0.25, 0.3) is 5.70 Å². The second-order valence-corrected chi connectivity index (χ2v) is 7.33. The van der Waals surface area contributed by atoms with Crippen LogP contribution in [0.1, 0.15) is 12.5 Å². The highest BCUT2D eigenvalue weighted by Gasteiger charge is 2.27. The lowest BCUT2D eigenvalue weighted by atomic mass is 10.1. The zero-order valence-corrected chi connectivity index (χ0v) is 17.2. The molecule has 1 unspecified atom stereocenters. The molecule has 0 aliphatic carbocycles. The van der Waals surface area contributed by atoms with E-state index < -0.39 is 24.4 Å². The molecule has 0 aromatic heterocycles. The van der Waals surface area contributed by atoms with Gasteiger partial charge in [-0.25, -0.2) is 13.6 Å². The summed E-state index contributed by atoms with van der Waals surface area (Å²) in [7, 11) is 0. The van der Waals surface area contributed by atoms with E-state index in [4.69, 9.17) is 5.73 Å². The molecule has 1 aromatic carbocycles. The highest BCUT2D eigenvalue weighted by Crippen LogP contribution is 2.30. The fourth-order valence-corrected chi connectivity index (χ4v) is 2.95. The fraction of sp³-hybridized carbons (Fsp3) is 0.211. The summed E-state index contributed by atoms with van der Waals surface area (Å²) >= 11 is 4.65. The van der Waals surface area contributed by atoms with Gasteiger partial charge < -0.3 is 26.6 Å². The number of nitrogens with two attached hydrogens (primary N) is 1. The monoisotopic (exact) mass is 449 g/mol. The van der Waals surface area contributed by atoms with Crippen LogP contribution in [-0.4, -0.2) is 40.6 Å². The highest BCUT2D eigenvalue weighted by atomic mass is 32.1. The highest BCUT2D eigenvalue weighted by molar-refractivity contribution is 7.80. The number of carbonyl (C=O) groups excluding carboxylic acids is 2. The van der Waals surface area contributed by atoms with E-state index in [9.17, 15) is 18.4 Å². The summed E-state index contributed by atoms with van der Waals surface area (Å²) in [6, 6.07) is 6.21. The minimum Gasteiger partial charge on any atom is -0.375 e. The van der Waals surface area contributed by atoms with Gasteiger partial charge >= 0.3 is 6.03 Å². The molecule has 7 N–H and O–H groups in total. The van der Waals surface area contributed by atoms with E-state index in [1.165, 1.54) is 0 Å². The fourth-order valence-electron chi connectivity index (χ4n) is 2.90. The van der Waals surface area contributed by atoms with Crippen molar-refractivity contribution in [2.75, 3.05) is 11.9 Å². The van der Waals surface area contributed by atoms with Gasteiger partial charge in [0.1, 0.15) is 6.17 Å². The number of rotatable bonds is 5. The van der Waals surface area contributed by atoms with E-state index in [-0.39, 0.29) is 11.3 Å². The van der Waals surface area contributed by atoms with Crippen LogP contribution in [-0.2, 0) is 4.79 Å². The predicted molar refractivity (Wildman–Crippen MR) is 116 cm³/mol. The molecule has 0 saturated heterocycles. The van der Waals surface area contributed by atoms with Crippen molar-refractivity contribution in [3.8, 4) is 0 Å². The Kier molecular flexibility index (Phi) is 6.39. The molecule has 0 bridgehead atoms. The second-order valence-electron chi connectivity index (χ2n) is 6.89. The largest absolute Gasteiger partial charge is 0.375 e. The molecule has 9 nitrogen and oxygen atoms in total. The van der Waals surface area contributed by atoms with E-state index in [0.29, 0.717) is 11.3 Å². The third-order valence-electron chi connectivity index (χ3n) is 4.26. The average Bonchev–Trinajstić information content (AvgIpc) is 3.13. The molecule has 0 radical (unpaired) electrons. The quantitative estimate of drug-likeness (QED) is 0.296. The number of hydrazine groups is 1. The average molecular weight is 449 g/mol. The van der Waals surface area contributed by atoms with Crippen molar-refractivity contribution in [2.45, 2.75) is 19.0 Å².